The van der Waals surface area contributed by atoms with Gasteiger partial charge in [-0.2, -0.15) is 0 Å². The molecule has 0 heterocycles. The van der Waals surface area contributed by atoms with Crippen LogP contribution in [0.2, 0.25) is 0 Å². The lowest BCUT2D eigenvalue weighted by Gasteiger charge is -2.16. The number of hydrogen-bond donors (Lipinski definition) is 0. The van der Waals surface area contributed by atoms with Crippen molar-refractivity contribution in [2.45, 2.75) is 19.1 Å². The molecular weight excluding hydrogens is 221 g/mol. The zero-order valence-electron chi connectivity index (χ0n) is 9.26. The molecule has 0 saturated carbocycles. The number of hydrogen-bond acceptors (Lipinski definition) is 2. The van der Waals surface area contributed by atoms with Crippen LogP contribution < -0.4 is 0 Å². The molecule has 0 saturated heterocycles. The highest BCUT2D eigenvalue weighted by atomic mass is 19.3. The van der Waals surface area contributed by atoms with Crippen molar-refractivity contribution in [2.24, 2.45) is 0 Å². The average molecular weight is 234 g/mol. The molecule has 0 aliphatic rings. The Morgan fingerprint density at radius 3 is 2.12 bits per heavy atom. The van der Waals surface area contributed by atoms with E-state index >= 15 is 0 Å². The number of methoxy groups -OCH3 is 2. The van der Waals surface area contributed by atoms with Gasteiger partial charge in [-0.3, -0.25) is 0 Å². The van der Waals surface area contributed by atoms with Crippen LogP contribution in [-0.2, 0) is 15.4 Å². The summed E-state index contributed by atoms with van der Waals surface area (Å²) >= 11 is 0. The fraction of sp³-hybridized carbons (Fsp3) is 0.455. The Morgan fingerprint density at radius 2 is 1.75 bits per heavy atom. The van der Waals surface area contributed by atoms with Crippen molar-refractivity contribution in [3.05, 3.63) is 35.1 Å². The van der Waals surface area contributed by atoms with Crippen LogP contribution in [0.1, 0.15) is 24.3 Å². The molecule has 0 aliphatic heterocycles. The van der Waals surface area contributed by atoms with Crippen LogP contribution in [0, 0.1) is 5.82 Å². The predicted octanol–water partition coefficient (Wildman–Crippen LogP) is 3.23. The van der Waals surface area contributed by atoms with Crippen molar-refractivity contribution in [3.8, 4) is 0 Å². The second kappa shape index (κ2) is 4.84. The van der Waals surface area contributed by atoms with E-state index in [1.165, 1.54) is 20.3 Å². The Morgan fingerprint density at radius 1 is 1.19 bits per heavy atom. The van der Waals surface area contributed by atoms with Crippen molar-refractivity contribution in [2.75, 3.05) is 14.2 Å². The first-order valence-electron chi connectivity index (χ1n) is 4.63. The molecule has 0 bridgehead atoms. The summed E-state index contributed by atoms with van der Waals surface area (Å²) in [6.45, 7) is 0.714. The number of ether oxygens (including phenoxy) is 2. The molecule has 0 unspecified atom stereocenters. The van der Waals surface area contributed by atoms with Crippen LogP contribution in [0.5, 0.6) is 0 Å². The zero-order valence-corrected chi connectivity index (χ0v) is 9.26. The van der Waals surface area contributed by atoms with Gasteiger partial charge in [0.25, 0.3) is 5.92 Å². The van der Waals surface area contributed by atoms with Gasteiger partial charge in [0.05, 0.1) is 0 Å². The largest absolute Gasteiger partial charge is 0.352 e. The Labute approximate surface area is 92.0 Å². The van der Waals surface area contributed by atoms with E-state index in [2.05, 4.69) is 0 Å². The van der Waals surface area contributed by atoms with E-state index in [1.54, 1.807) is 0 Å². The van der Waals surface area contributed by atoms with Crippen molar-refractivity contribution < 1.29 is 22.6 Å². The first-order valence-corrected chi connectivity index (χ1v) is 4.63. The van der Waals surface area contributed by atoms with E-state index in [9.17, 15) is 13.2 Å². The second-order valence-electron chi connectivity index (χ2n) is 3.43. The third-order valence-electron chi connectivity index (χ3n) is 2.19. The summed E-state index contributed by atoms with van der Waals surface area (Å²) in [4.78, 5) is 0. The highest BCUT2D eigenvalue weighted by molar-refractivity contribution is 5.27. The summed E-state index contributed by atoms with van der Waals surface area (Å²) in [5.74, 6) is -3.83. The molecule has 0 radical (unpaired) electrons. The molecule has 0 amide bonds. The van der Waals surface area contributed by atoms with Gasteiger partial charge in [0.15, 0.2) is 6.29 Å². The van der Waals surface area contributed by atoms with Gasteiger partial charge in [0, 0.05) is 32.3 Å². The number of halogens is 3. The summed E-state index contributed by atoms with van der Waals surface area (Å²) in [5, 5.41) is 0. The maximum absolute atomic E-state index is 13.5. The van der Waals surface area contributed by atoms with Crippen LogP contribution in [0.15, 0.2) is 18.2 Å². The monoisotopic (exact) mass is 234 g/mol. The Kier molecular flexibility index (Phi) is 3.93. The molecule has 0 N–H and O–H groups in total. The number of alkyl halides is 2. The molecule has 90 valence electrons. The molecular formula is C11H13F3O2. The Bertz CT molecular complexity index is 357. The third kappa shape index (κ3) is 2.74. The first kappa shape index (κ1) is 13.0. The van der Waals surface area contributed by atoms with Gasteiger partial charge in [-0.05, 0) is 6.07 Å². The minimum atomic E-state index is -3.06. The summed E-state index contributed by atoms with van der Waals surface area (Å²) in [6.07, 6.45) is -0.889. The predicted molar refractivity (Wildman–Crippen MR) is 52.7 cm³/mol. The summed E-state index contributed by atoms with van der Waals surface area (Å²) in [5.41, 5.74) is -0.280. The number of rotatable bonds is 4. The molecule has 0 aromatic heterocycles. The smallest absolute Gasteiger partial charge is 0.270 e. The highest BCUT2D eigenvalue weighted by Crippen LogP contribution is 2.30. The standard InChI is InChI=1S/C11H13F3O2/c1-11(13,14)7-4-5-8(9(12)6-7)10(15-2)16-3/h4-6,10H,1-3H3. The van der Waals surface area contributed by atoms with Gasteiger partial charge >= 0.3 is 0 Å². The highest BCUT2D eigenvalue weighted by Gasteiger charge is 2.26. The maximum atomic E-state index is 13.5. The Hall–Kier alpha value is -1.07. The molecule has 2 nitrogen and oxygen atoms in total. The van der Waals surface area contributed by atoms with Gasteiger partial charge < -0.3 is 9.47 Å². The van der Waals surface area contributed by atoms with Crippen LogP contribution in [0.4, 0.5) is 13.2 Å². The van der Waals surface area contributed by atoms with Crippen LogP contribution in [0.3, 0.4) is 0 Å². The summed E-state index contributed by atoms with van der Waals surface area (Å²) < 4.78 is 49.0. The molecule has 1 aromatic rings. The van der Waals surface area contributed by atoms with E-state index in [0.29, 0.717) is 6.92 Å². The van der Waals surface area contributed by atoms with E-state index in [1.807, 2.05) is 0 Å². The molecule has 0 spiro atoms. The molecule has 0 fully saturated rings. The lowest BCUT2D eigenvalue weighted by atomic mass is 10.1. The minimum Gasteiger partial charge on any atom is -0.352 e. The normalized spacial score (nSPS) is 12.2. The van der Waals surface area contributed by atoms with E-state index in [4.69, 9.17) is 9.47 Å². The summed E-state index contributed by atoms with van der Waals surface area (Å²) in [6, 6.07) is 3.18. The topological polar surface area (TPSA) is 18.5 Å². The molecule has 1 rings (SSSR count). The van der Waals surface area contributed by atoms with Gasteiger partial charge in [-0.1, -0.05) is 12.1 Å². The van der Waals surface area contributed by atoms with Crippen molar-refractivity contribution in [3.63, 3.8) is 0 Å². The van der Waals surface area contributed by atoms with Crippen molar-refractivity contribution >= 4 is 0 Å². The molecule has 1 aromatic carbocycles. The Balaban J connectivity index is 3.09. The maximum Gasteiger partial charge on any atom is 0.270 e. The van der Waals surface area contributed by atoms with Gasteiger partial charge in [0.1, 0.15) is 5.82 Å². The molecule has 0 aliphatic carbocycles. The fourth-order valence-electron chi connectivity index (χ4n) is 1.34. The van der Waals surface area contributed by atoms with Gasteiger partial charge in [-0.25, -0.2) is 13.2 Å². The van der Waals surface area contributed by atoms with Crippen LogP contribution in [-0.4, -0.2) is 14.2 Å². The van der Waals surface area contributed by atoms with Crippen molar-refractivity contribution in [1.29, 1.82) is 0 Å². The SMILES string of the molecule is COC(OC)c1ccc(C(C)(F)F)cc1F. The molecule has 16 heavy (non-hydrogen) atoms. The first-order chi connectivity index (χ1) is 7.40. The second-order valence-corrected chi connectivity index (χ2v) is 3.43. The average Bonchev–Trinajstić information content (AvgIpc) is 2.20. The minimum absolute atomic E-state index is 0.0954. The quantitative estimate of drug-likeness (QED) is 0.744. The van der Waals surface area contributed by atoms with E-state index in [-0.39, 0.29) is 11.1 Å². The lowest BCUT2D eigenvalue weighted by molar-refractivity contribution is -0.107. The molecule has 5 heteroatoms. The third-order valence-corrected chi connectivity index (χ3v) is 2.19. The lowest BCUT2D eigenvalue weighted by Crippen LogP contribution is -2.11. The fourth-order valence-corrected chi connectivity index (χ4v) is 1.34. The van der Waals surface area contributed by atoms with Gasteiger partial charge in [0.2, 0.25) is 0 Å². The van der Waals surface area contributed by atoms with Crippen LogP contribution in [0.25, 0.3) is 0 Å². The van der Waals surface area contributed by atoms with Crippen LogP contribution >= 0.6 is 0 Å². The van der Waals surface area contributed by atoms with Crippen molar-refractivity contribution in [1.82, 2.24) is 0 Å². The van der Waals surface area contributed by atoms with E-state index < -0.39 is 18.0 Å². The van der Waals surface area contributed by atoms with Gasteiger partial charge in [-0.15, -0.1) is 0 Å². The summed E-state index contributed by atoms with van der Waals surface area (Å²) in [7, 11) is 2.69. The van der Waals surface area contributed by atoms with E-state index in [0.717, 1.165) is 12.1 Å². The number of benzene rings is 1. The molecule has 0 atom stereocenters. The zero-order chi connectivity index (χ0) is 12.3.